The van der Waals surface area contributed by atoms with E-state index in [-0.39, 0.29) is 5.88 Å². The minimum Gasteiger partial charge on any atom is -0.440 e. The third-order valence-corrected chi connectivity index (χ3v) is 5.83. The van der Waals surface area contributed by atoms with Gasteiger partial charge in [-0.05, 0) is 40.6 Å². The third kappa shape index (κ3) is 3.78. The molecule has 0 saturated carbocycles. The van der Waals surface area contributed by atoms with Crippen molar-refractivity contribution in [2.75, 3.05) is 0 Å². The van der Waals surface area contributed by atoms with Crippen molar-refractivity contribution < 1.29 is 14.3 Å². The van der Waals surface area contributed by atoms with Gasteiger partial charge < -0.3 is 15.2 Å². The molecule has 1 heterocycles. The molecule has 2 N–H and O–H groups in total. The highest BCUT2D eigenvalue weighted by atomic mass is 35.5. The van der Waals surface area contributed by atoms with E-state index in [2.05, 4.69) is 6.07 Å². The lowest BCUT2D eigenvalue weighted by atomic mass is 9.81. The lowest BCUT2D eigenvalue weighted by Gasteiger charge is -2.27. The van der Waals surface area contributed by atoms with E-state index in [1.165, 1.54) is 6.07 Å². The Morgan fingerprint density at radius 1 is 0.970 bits per heavy atom. The van der Waals surface area contributed by atoms with Crippen molar-refractivity contribution in [1.82, 2.24) is 0 Å². The highest BCUT2D eigenvalue weighted by molar-refractivity contribution is 6.30. The number of hydrogen-bond acceptors (Lipinski definition) is 5. The fraction of sp³-hybridized carbons (Fsp3) is 0.0370. The molecule has 0 bridgehead atoms. The first kappa shape index (κ1) is 20.6. The van der Waals surface area contributed by atoms with Gasteiger partial charge in [0.25, 0.3) is 0 Å². The maximum absolute atomic E-state index is 12.5. The molecular formula is C27H17ClN2O3. The van der Waals surface area contributed by atoms with Gasteiger partial charge in [0.2, 0.25) is 5.88 Å². The smallest absolute Gasteiger partial charge is 0.343 e. The van der Waals surface area contributed by atoms with Crippen molar-refractivity contribution in [3.8, 4) is 17.6 Å². The first-order valence-corrected chi connectivity index (χ1v) is 10.6. The van der Waals surface area contributed by atoms with E-state index in [4.69, 9.17) is 26.8 Å². The number of carbonyl (C=O) groups excluding carboxylic acids is 1. The largest absolute Gasteiger partial charge is 0.440 e. The summed E-state index contributed by atoms with van der Waals surface area (Å²) in [5, 5.41) is 12.4. The normalized spacial score (nSPS) is 14.8. The second-order valence-corrected chi connectivity index (χ2v) is 8.03. The number of carbonyl (C=O) groups is 1. The molecule has 0 saturated heterocycles. The first-order chi connectivity index (χ1) is 16.0. The molecule has 6 heteroatoms. The Morgan fingerprint density at radius 3 is 2.58 bits per heavy atom. The molecule has 1 atom stereocenters. The van der Waals surface area contributed by atoms with Crippen molar-refractivity contribution in [2.45, 2.75) is 5.92 Å². The van der Waals surface area contributed by atoms with Gasteiger partial charge in [0.05, 0.1) is 11.5 Å². The molecule has 33 heavy (non-hydrogen) atoms. The maximum atomic E-state index is 12.5. The fourth-order valence-electron chi connectivity index (χ4n) is 4.10. The number of rotatable bonds is 3. The zero-order valence-electron chi connectivity index (χ0n) is 17.3. The van der Waals surface area contributed by atoms with Crippen LogP contribution in [-0.4, -0.2) is 5.97 Å². The third-order valence-electron chi connectivity index (χ3n) is 5.60. The van der Waals surface area contributed by atoms with Crippen LogP contribution in [0.4, 0.5) is 0 Å². The highest BCUT2D eigenvalue weighted by Gasteiger charge is 2.32. The van der Waals surface area contributed by atoms with E-state index >= 15 is 0 Å². The van der Waals surface area contributed by atoms with Crippen LogP contribution >= 0.6 is 11.6 Å². The molecule has 0 aliphatic carbocycles. The Labute approximate surface area is 195 Å². The zero-order chi connectivity index (χ0) is 22.9. The number of allylic oxidation sites excluding steroid dienone is 1. The summed E-state index contributed by atoms with van der Waals surface area (Å²) < 4.78 is 11.3. The summed E-state index contributed by atoms with van der Waals surface area (Å²) in [6, 6.07) is 27.8. The summed E-state index contributed by atoms with van der Waals surface area (Å²) in [7, 11) is 0. The van der Waals surface area contributed by atoms with E-state index < -0.39 is 11.9 Å². The SMILES string of the molecule is N#CC1=C(N)Oc2cc(OC(=O)c3cccc(Cl)c3)ccc2C1c1cccc2ccccc12. The van der Waals surface area contributed by atoms with Crippen molar-refractivity contribution in [2.24, 2.45) is 5.73 Å². The van der Waals surface area contributed by atoms with Crippen molar-refractivity contribution in [1.29, 1.82) is 5.26 Å². The topological polar surface area (TPSA) is 85.3 Å². The molecule has 1 aliphatic rings. The van der Waals surface area contributed by atoms with Crippen LogP contribution in [0.1, 0.15) is 27.4 Å². The number of benzene rings is 4. The van der Waals surface area contributed by atoms with E-state index in [1.807, 2.05) is 42.5 Å². The zero-order valence-corrected chi connectivity index (χ0v) is 18.0. The van der Waals surface area contributed by atoms with Crippen LogP contribution in [0.25, 0.3) is 10.8 Å². The number of nitriles is 1. The summed E-state index contributed by atoms with van der Waals surface area (Å²) in [6.07, 6.45) is 0. The van der Waals surface area contributed by atoms with Crippen molar-refractivity contribution in [3.63, 3.8) is 0 Å². The van der Waals surface area contributed by atoms with Crippen molar-refractivity contribution in [3.05, 3.63) is 118 Å². The number of hydrogen-bond donors (Lipinski definition) is 1. The molecule has 0 fully saturated rings. The van der Waals surface area contributed by atoms with Gasteiger partial charge >= 0.3 is 5.97 Å². The van der Waals surface area contributed by atoms with E-state index in [0.29, 0.717) is 27.7 Å². The highest BCUT2D eigenvalue weighted by Crippen LogP contribution is 2.45. The minimum atomic E-state index is -0.542. The lowest BCUT2D eigenvalue weighted by molar-refractivity contribution is 0.0734. The summed E-state index contributed by atoms with van der Waals surface area (Å²) in [4.78, 5) is 12.5. The number of esters is 1. The Kier molecular flexibility index (Phi) is 5.21. The molecular weight excluding hydrogens is 436 g/mol. The van der Waals surface area contributed by atoms with Gasteiger partial charge in [-0.2, -0.15) is 5.26 Å². The number of ether oxygens (including phenoxy) is 2. The average Bonchev–Trinajstić information content (AvgIpc) is 2.82. The lowest BCUT2D eigenvalue weighted by Crippen LogP contribution is -2.21. The van der Waals surface area contributed by atoms with Crippen molar-refractivity contribution >= 4 is 28.3 Å². The molecule has 1 unspecified atom stereocenters. The predicted octanol–water partition coefficient (Wildman–Crippen LogP) is 5.93. The summed E-state index contributed by atoms with van der Waals surface area (Å²) >= 11 is 5.97. The molecule has 5 rings (SSSR count). The van der Waals surface area contributed by atoms with Crippen LogP contribution in [0.5, 0.6) is 11.5 Å². The predicted molar refractivity (Wildman–Crippen MR) is 126 cm³/mol. The maximum Gasteiger partial charge on any atom is 0.343 e. The molecule has 0 spiro atoms. The van der Waals surface area contributed by atoms with Gasteiger partial charge in [-0.1, -0.05) is 66.2 Å². The van der Waals surface area contributed by atoms with Gasteiger partial charge in [-0.15, -0.1) is 0 Å². The van der Waals surface area contributed by atoms with Gasteiger partial charge in [0, 0.05) is 16.7 Å². The Morgan fingerprint density at radius 2 is 1.76 bits per heavy atom. The molecule has 160 valence electrons. The van der Waals surface area contributed by atoms with Crippen LogP contribution in [0, 0.1) is 11.3 Å². The van der Waals surface area contributed by atoms with Crippen LogP contribution in [0.15, 0.2) is 96.4 Å². The summed E-state index contributed by atoms with van der Waals surface area (Å²) in [6.45, 7) is 0. The van der Waals surface area contributed by atoms with Gasteiger partial charge in [-0.25, -0.2) is 4.79 Å². The minimum absolute atomic E-state index is 0.0289. The summed E-state index contributed by atoms with van der Waals surface area (Å²) in [5.74, 6) is -0.201. The van der Waals surface area contributed by atoms with Crippen LogP contribution in [0.3, 0.4) is 0 Å². The molecule has 5 nitrogen and oxygen atoms in total. The number of nitrogens with zero attached hydrogens (tertiary/aromatic N) is 1. The quantitative estimate of drug-likeness (QED) is 0.307. The molecule has 0 radical (unpaired) electrons. The number of fused-ring (bicyclic) bond motifs is 2. The Balaban J connectivity index is 1.57. The van der Waals surface area contributed by atoms with Gasteiger partial charge in [0.15, 0.2) is 0 Å². The molecule has 0 aromatic heterocycles. The van der Waals surface area contributed by atoms with Gasteiger partial charge in [-0.3, -0.25) is 0 Å². The molecule has 4 aromatic carbocycles. The second-order valence-electron chi connectivity index (χ2n) is 7.59. The standard InChI is InChI=1S/C27H17ClN2O3/c28-18-8-3-7-17(13-18)27(31)32-19-11-12-22-24(14-19)33-26(30)23(15-29)25(22)21-10-4-6-16-5-1-2-9-20(16)21/h1-14,25H,30H2. The average molecular weight is 453 g/mol. The van der Waals surface area contributed by atoms with E-state index in [0.717, 1.165) is 21.9 Å². The number of halogens is 1. The monoisotopic (exact) mass is 452 g/mol. The van der Waals surface area contributed by atoms with E-state index in [9.17, 15) is 10.1 Å². The Bertz CT molecular complexity index is 1480. The summed E-state index contributed by atoms with van der Waals surface area (Å²) in [5.41, 5.74) is 8.53. The number of nitrogens with two attached hydrogens (primary N) is 1. The first-order valence-electron chi connectivity index (χ1n) is 10.2. The molecule has 0 amide bonds. The van der Waals surface area contributed by atoms with E-state index in [1.54, 1.807) is 36.4 Å². The second kappa shape index (κ2) is 8.34. The van der Waals surface area contributed by atoms with Gasteiger partial charge in [0.1, 0.15) is 23.1 Å². The fourth-order valence-corrected chi connectivity index (χ4v) is 4.29. The molecule has 1 aliphatic heterocycles. The van der Waals surface area contributed by atoms with Crippen LogP contribution < -0.4 is 15.2 Å². The Hall–Kier alpha value is -4.27. The molecule has 4 aromatic rings. The van der Waals surface area contributed by atoms with Crippen LogP contribution in [-0.2, 0) is 0 Å². The van der Waals surface area contributed by atoms with Crippen LogP contribution in [0.2, 0.25) is 5.02 Å².